The van der Waals surface area contributed by atoms with Crippen molar-refractivity contribution >= 4 is 39.3 Å². The summed E-state index contributed by atoms with van der Waals surface area (Å²) in [7, 11) is 0. The highest BCUT2D eigenvalue weighted by molar-refractivity contribution is 7.13. The second kappa shape index (κ2) is 8.84. The summed E-state index contributed by atoms with van der Waals surface area (Å²) >= 11 is 1.60. The SMILES string of the molecule is O=C1[C@@H]2[C@@H]3CC[C@@H](C3)[C@@H]2C(=O)N1CC1CCCC[C@H]1CN1CCN(c2nsc3ccccc23)CC1. The van der Waals surface area contributed by atoms with E-state index in [-0.39, 0.29) is 23.7 Å². The molecule has 186 valence electrons. The predicted molar refractivity (Wildman–Crippen MR) is 138 cm³/mol. The summed E-state index contributed by atoms with van der Waals surface area (Å²) < 4.78 is 6.02. The molecular weight excluding hydrogens is 456 g/mol. The highest BCUT2D eigenvalue weighted by Crippen LogP contribution is 2.56. The van der Waals surface area contributed by atoms with Gasteiger partial charge in [0.2, 0.25) is 11.8 Å². The minimum atomic E-state index is 0.0261. The molecule has 1 aromatic carbocycles. The Kier molecular flexibility index (Phi) is 5.61. The Labute approximate surface area is 211 Å². The van der Waals surface area contributed by atoms with Crippen LogP contribution in [0, 0.1) is 35.5 Å². The molecule has 5 fully saturated rings. The molecule has 1 aromatic heterocycles. The molecule has 0 N–H and O–H groups in total. The number of aromatic nitrogens is 1. The number of carbonyl (C=O) groups excluding carboxylic acids is 2. The Hall–Kier alpha value is -1.99. The third kappa shape index (κ3) is 3.72. The van der Waals surface area contributed by atoms with Gasteiger partial charge < -0.3 is 4.90 Å². The molecule has 2 bridgehead atoms. The monoisotopic (exact) mass is 492 g/mol. The molecule has 0 radical (unpaired) electrons. The van der Waals surface area contributed by atoms with Crippen molar-refractivity contribution in [2.75, 3.05) is 44.2 Å². The van der Waals surface area contributed by atoms with Crippen LogP contribution >= 0.6 is 11.5 Å². The fraction of sp³-hybridized carbons (Fsp3) is 0.679. The Morgan fingerprint density at radius 2 is 1.49 bits per heavy atom. The van der Waals surface area contributed by atoms with Crippen molar-refractivity contribution in [1.29, 1.82) is 0 Å². The molecule has 2 aliphatic heterocycles. The lowest BCUT2D eigenvalue weighted by atomic mass is 9.78. The molecule has 35 heavy (non-hydrogen) atoms. The van der Waals surface area contributed by atoms with E-state index in [1.165, 1.54) is 29.3 Å². The summed E-state index contributed by atoms with van der Waals surface area (Å²) in [4.78, 5) is 33.4. The number of likely N-dealkylation sites (tertiary alicyclic amines) is 1. The Bertz CT molecular complexity index is 1100. The van der Waals surface area contributed by atoms with E-state index in [0.29, 0.717) is 30.2 Å². The number of carbonyl (C=O) groups is 2. The summed E-state index contributed by atoms with van der Waals surface area (Å²) in [5, 5.41) is 1.27. The van der Waals surface area contributed by atoms with Gasteiger partial charge in [-0.3, -0.25) is 19.4 Å². The quantitative estimate of drug-likeness (QED) is 0.584. The molecule has 6 atom stereocenters. The van der Waals surface area contributed by atoms with Crippen molar-refractivity contribution in [1.82, 2.24) is 14.2 Å². The van der Waals surface area contributed by atoms with Crippen molar-refractivity contribution in [2.45, 2.75) is 44.9 Å². The third-order valence-corrected chi connectivity index (χ3v) is 10.8. The van der Waals surface area contributed by atoms with Crippen molar-refractivity contribution in [3.05, 3.63) is 24.3 Å². The molecule has 3 saturated carbocycles. The number of piperazine rings is 1. The normalized spacial score (nSPS) is 35.4. The predicted octanol–water partition coefficient (Wildman–Crippen LogP) is 4.26. The zero-order valence-electron chi connectivity index (χ0n) is 20.5. The molecular formula is C28H36N4O2S. The minimum Gasteiger partial charge on any atom is -0.353 e. The first-order chi connectivity index (χ1) is 17.2. The van der Waals surface area contributed by atoms with Gasteiger partial charge in [0.15, 0.2) is 0 Å². The Morgan fingerprint density at radius 1 is 0.829 bits per heavy atom. The van der Waals surface area contributed by atoms with E-state index in [9.17, 15) is 9.59 Å². The highest BCUT2D eigenvalue weighted by atomic mass is 32.1. The fourth-order valence-corrected chi connectivity index (χ4v) is 9.02. The van der Waals surface area contributed by atoms with Gasteiger partial charge in [0.05, 0.1) is 16.5 Å². The van der Waals surface area contributed by atoms with E-state index < -0.39 is 0 Å². The van der Waals surface area contributed by atoms with Crippen LogP contribution in [-0.2, 0) is 9.59 Å². The maximum Gasteiger partial charge on any atom is 0.233 e. The molecule has 2 saturated heterocycles. The lowest BCUT2D eigenvalue weighted by molar-refractivity contribution is -0.142. The number of hydrogen-bond donors (Lipinski definition) is 0. The Balaban J connectivity index is 0.986. The van der Waals surface area contributed by atoms with Gasteiger partial charge in [-0.25, -0.2) is 0 Å². The smallest absolute Gasteiger partial charge is 0.233 e. The van der Waals surface area contributed by atoms with Crippen molar-refractivity contribution in [2.24, 2.45) is 35.5 Å². The number of anilines is 1. The molecule has 0 spiro atoms. The second-order valence-corrected chi connectivity index (χ2v) is 12.6. The van der Waals surface area contributed by atoms with Gasteiger partial charge in [0, 0.05) is 44.7 Å². The van der Waals surface area contributed by atoms with Crippen LogP contribution < -0.4 is 4.90 Å². The van der Waals surface area contributed by atoms with Gasteiger partial charge in [0.25, 0.3) is 0 Å². The van der Waals surface area contributed by atoms with Gasteiger partial charge in [-0.2, -0.15) is 4.37 Å². The van der Waals surface area contributed by atoms with Crippen LogP contribution in [0.2, 0.25) is 0 Å². The maximum absolute atomic E-state index is 13.3. The standard InChI is InChI=1S/C28H36N4O2S/c33-27-24-18-9-10-19(15-18)25(24)28(34)32(27)17-21-6-2-1-5-20(21)16-30-11-13-31(14-12-30)26-22-7-3-4-8-23(22)35-29-26/h3-4,7-8,18-21,24-25H,1-2,5-6,9-17H2/t18-,19+,20-,21?,24-,25+/m0/s1. The molecule has 3 aliphatic carbocycles. The van der Waals surface area contributed by atoms with E-state index in [0.717, 1.165) is 64.2 Å². The van der Waals surface area contributed by atoms with E-state index >= 15 is 0 Å². The summed E-state index contributed by atoms with van der Waals surface area (Å²) in [5.74, 6) is 3.59. The van der Waals surface area contributed by atoms with Crippen LogP contribution in [0.15, 0.2) is 24.3 Å². The summed E-state index contributed by atoms with van der Waals surface area (Å²) in [5.41, 5.74) is 0. The number of rotatable bonds is 5. The van der Waals surface area contributed by atoms with Crippen LogP contribution in [0.4, 0.5) is 5.82 Å². The van der Waals surface area contributed by atoms with Crippen LogP contribution in [0.3, 0.4) is 0 Å². The molecule has 6 nitrogen and oxygen atoms in total. The molecule has 2 amide bonds. The number of amides is 2. The van der Waals surface area contributed by atoms with E-state index in [1.807, 2.05) is 0 Å². The van der Waals surface area contributed by atoms with E-state index in [4.69, 9.17) is 4.37 Å². The second-order valence-electron chi connectivity index (χ2n) is 11.8. The summed E-state index contributed by atoms with van der Waals surface area (Å²) in [6, 6.07) is 8.54. The van der Waals surface area contributed by atoms with Crippen molar-refractivity contribution < 1.29 is 9.59 Å². The Morgan fingerprint density at radius 3 is 2.20 bits per heavy atom. The van der Waals surface area contributed by atoms with Gasteiger partial charge in [-0.05, 0) is 79.4 Å². The lowest BCUT2D eigenvalue weighted by Crippen LogP contribution is -2.49. The van der Waals surface area contributed by atoms with Crippen LogP contribution in [0.1, 0.15) is 44.9 Å². The van der Waals surface area contributed by atoms with Gasteiger partial charge >= 0.3 is 0 Å². The number of fused-ring (bicyclic) bond motifs is 6. The summed E-state index contributed by atoms with van der Waals surface area (Å²) in [6.45, 7) is 5.93. The molecule has 1 unspecified atom stereocenters. The number of benzene rings is 1. The average Bonchev–Trinajstić information content (AvgIpc) is 3.66. The zero-order chi connectivity index (χ0) is 23.5. The molecule has 7 heteroatoms. The molecule has 2 aromatic rings. The first-order valence-corrected chi connectivity index (χ1v) is 14.6. The topological polar surface area (TPSA) is 56.8 Å². The summed E-state index contributed by atoms with van der Waals surface area (Å²) in [6.07, 6.45) is 8.35. The fourth-order valence-electron chi connectivity index (χ4n) is 8.22. The minimum absolute atomic E-state index is 0.0261. The zero-order valence-corrected chi connectivity index (χ0v) is 21.3. The maximum atomic E-state index is 13.3. The average molecular weight is 493 g/mol. The van der Waals surface area contributed by atoms with Crippen LogP contribution in [0.25, 0.3) is 10.1 Å². The molecule has 7 rings (SSSR count). The van der Waals surface area contributed by atoms with Gasteiger partial charge in [-0.15, -0.1) is 0 Å². The number of imide groups is 1. The highest BCUT2D eigenvalue weighted by Gasteiger charge is 2.61. The van der Waals surface area contributed by atoms with Crippen LogP contribution in [-0.4, -0.2) is 65.3 Å². The first-order valence-electron chi connectivity index (χ1n) is 13.8. The van der Waals surface area contributed by atoms with Crippen LogP contribution in [0.5, 0.6) is 0 Å². The van der Waals surface area contributed by atoms with Crippen molar-refractivity contribution in [3.63, 3.8) is 0 Å². The first kappa shape index (κ1) is 22.2. The van der Waals surface area contributed by atoms with Gasteiger partial charge in [-0.1, -0.05) is 25.0 Å². The van der Waals surface area contributed by atoms with E-state index in [2.05, 4.69) is 34.1 Å². The number of hydrogen-bond acceptors (Lipinski definition) is 6. The van der Waals surface area contributed by atoms with Crippen molar-refractivity contribution in [3.8, 4) is 0 Å². The number of nitrogens with zero attached hydrogens (tertiary/aromatic N) is 4. The lowest BCUT2D eigenvalue weighted by Gasteiger charge is -2.40. The van der Waals surface area contributed by atoms with E-state index in [1.54, 1.807) is 16.4 Å². The third-order valence-electron chi connectivity index (χ3n) is 10.0. The largest absolute Gasteiger partial charge is 0.353 e. The molecule has 5 aliphatic rings. The molecule has 3 heterocycles. The van der Waals surface area contributed by atoms with Gasteiger partial charge in [0.1, 0.15) is 5.82 Å².